The predicted octanol–water partition coefficient (Wildman–Crippen LogP) is 2.48. The van der Waals surface area contributed by atoms with Crippen LogP contribution in [-0.2, 0) is 4.74 Å². The number of rotatable bonds is 1. The minimum Gasteiger partial charge on any atom is -0.368 e. The molecule has 6 heteroatoms. The van der Waals surface area contributed by atoms with E-state index in [4.69, 9.17) is 11.6 Å². The van der Waals surface area contributed by atoms with Gasteiger partial charge in [0.25, 0.3) is 0 Å². The number of fused-ring (bicyclic) bond motifs is 1. The Hall–Kier alpha value is -1.64. The van der Waals surface area contributed by atoms with Crippen LogP contribution < -0.4 is 0 Å². The van der Waals surface area contributed by atoms with Crippen LogP contribution in [0.25, 0.3) is 10.2 Å². The monoisotopic (exact) mass is 252 g/mol. The van der Waals surface area contributed by atoms with Crippen molar-refractivity contribution in [2.24, 2.45) is 0 Å². The molecule has 0 bridgehead atoms. The summed E-state index contributed by atoms with van der Waals surface area (Å²) in [5, 5.41) is 4.12. The van der Waals surface area contributed by atoms with Crippen molar-refractivity contribution >= 4 is 39.3 Å². The number of hydrogen-bond acceptors (Lipinski definition) is 5. The van der Waals surface area contributed by atoms with Crippen molar-refractivity contribution in [2.45, 2.75) is 6.92 Å². The number of carbonyl (C=O) groups is 1. The zero-order chi connectivity index (χ0) is 11.5. The van der Waals surface area contributed by atoms with Gasteiger partial charge in [-0.15, -0.1) is 5.10 Å². The molecule has 2 aromatic rings. The van der Waals surface area contributed by atoms with Gasteiger partial charge >= 0.3 is 5.97 Å². The molecule has 0 radical (unpaired) electrons. The van der Waals surface area contributed by atoms with E-state index in [2.05, 4.69) is 26.4 Å². The van der Waals surface area contributed by atoms with Gasteiger partial charge in [-0.2, -0.15) is 0 Å². The van der Waals surface area contributed by atoms with Gasteiger partial charge in [0.1, 0.15) is 17.2 Å². The van der Waals surface area contributed by atoms with Gasteiger partial charge in [-0.3, -0.25) is 0 Å². The molecule has 1 heterocycles. The summed E-state index contributed by atoms with van der Waals surface area (Å²) in [5.41, 5.74) is 0.649. The lowest BCUT2D eigenvalue weighted by Gasteiger charge is -2.00. The average Bonchev–Trinajstić information content (AvgIpc) is 2.73. The SMILES string of the molecule is CC#COC(=O)c1c(Cl)ccc2snnc12. The van der Waals surface area contributed by atoms with Crippen molar-refractivity contribution in [3.63, 3.8) is 0 Å². The van der Waals surface area contributed by atoms with Crippen LogP contribution in [0.4, 0.5) is 0 Å². The van der Waals surface area contributed by atoms with Crippen LogP contribution in [0.5, 0.6) is 0 Å². The maximum Gasteiger partial charge on any atom is 0.355 e. The molecule has 0 aliphatic rings. The number of halogens is 1. The van der Waals surface area contributed by atoms with Crippen molar-refractivity contribution in [3.05, 3.63) is 22.7 Å². The molecular weight excluding hydrogens is 248 g/mol. The topological polar surface area (TPSA) is 52.1 Å². The van der Waals surface area contributed by atoms with Crippen molar-refractivity contribution in [1.29, 1.82) is 0 Å². The van der Waals surface area contributed by atoms with E-state index in [1.54, 1.807) is 19.1 Å². The lowest BCUT2D eigenvalue weighted by Crippen LogP contribution is -2.03. The van der Waals surface area contributed by atoms with E-state index in [9.17, 15) is 4.79 Å². The third-order valence-electron chi connectivity index (χ3n) is 1.82. The van der Waals surface area contributed by atoms with Crippen molar-refractivity contribution in [2.75, 3.05) is 0 Å². The Morgan fingerprint density at radius 1 is 1.56 bits per heavy atom. The van der Waals surface area contributed by atoms with Gasteiger partial charge in [0, 0.05) is 6.92 Å². The Morgan fingerprint density at radius 2 is 2.38 bits per heavy atom. The summed E-state index contributed by atoms with van der Waals surface area (Å²) in [6.45, 7) is 1.57. The lowest BCUT2D eigenvalue weighted by molar-refractivity contribution is 0.0692. The van der Waals surface area contributed by atoms with Gasteiger partial charge in [-0.1, -0.05) is 22.0 Å². The molecule has 0 saturated heterocycles. The van der Waals surface area contributed by atoms with Crippen molar-refractivity contribution < 1.29 is 9.53 Å². The molecule has 0 unspecified atom stereocenters. The highest BCUT2D eigenvalue weighted by molar-refractivity contribution is 7.13. The Kier molecular flexibility index (Phi) is 3.04. The Balaban J connectivity index is 2.55. The Morgan fingerprint density at radius 3 is 3.12 bits per heavy atom. The Labute approximate surface area is 100 Å². The summed E-state index contributed by atoms with van der Waals surface area (Å²) in [6, 6.07) is 3.37. The maximum absolute atomic E-state index is 11.7. The van der Waals surface area contributed by atoms with Crippen LogP contribution in [0.15, 0.2) is 12.1 Å². The average molecular weight is 253 g/mol. The number of aromatic nitrogens is 2. The molecule has 1 aromatic heterocycles. The minimum absolute atomic E-state index is 0.204. The summed E-state index contributed by atoms with van der Waals surface area (Å²) in [5.74, 6) is 1.85. The maximum atomic E-state index is 11.7. The summed E-state index contributed by atoms with van der Waals surface area (Å²) in [4.78, 5) is 11.7. The Bertz CT molecular complexity index is 612. The second-order valence-corrected chi connectivity index (χ2v) is 3.98. The molecular formula is C10H5ClN2O2S. The highest BCUT2D eigenvalue weighted by atomic mass is 35.5. The van der Waals surface area contributed by atoms with Crippen molar-refractivity contribution in [1.82, 2.24) is 9.59 Å². The number of esters is 1. The third-order valence-corrected chi connectivity index (χ3v) is 2.82. The van der Waals surface area contributed by atoms with E-state index in [1.165, 1.54) is 11.5 Å². The van der Waals surface area contributed by atoms with Gasteiger partial charge < -0.3 is 4.74 Å². The van der Waals surface area contributed by atoms with Crippen LogP contribution in [0, 0.1) is 12.0 Å². The molecule has 0 amide bonds. The van der Waals surface area contributed by atoms with Crippen LogP contribution in [0.2, 0.25) is 5.02 Å². The van der Waals surface area contributed by atoms with E-state index in [0.29, 0.717) is 5.52 Å². The standard InChI is InChI=1S/C10H5ClN2O2S/c1-2-5-15-10(14)8-6(11)3-4-7-9(8)12-13-16-7/h3-4H,1H3. The van der Waals surface area contributed by atoms with E-state index < -0.39 is 5.97 Å². The number of nitrogens with zero attached hydrogens (tertiary/aromatic N) is 2. The number of ether oxygens (including phenoxy) is 1. The fraction of sp³-hybridized carbons (Fsp3) is 0.100. The summed E-state index contributed by atoms with van der Waals surface area (Å²) in [7, 11) is 0. The normalized spacial score (nSPS) is 9.62. The van der Waals surface area contributed by atoms with Gasteiger partial charge in [-0.05, 0) is 23.7 Å². The molecule has 0 atom stereocenters. The van der Waals surface area contributed by atoms with Gasteiger partial charge in [0.05, 0.1) is 9.72 Å². The second-order valence-electron chi connectivity index (χ2n) is 2.78. The quantitative estimate of drug-likeness (QED) is 0.578. The molecule has 80 valence electrons. The molecule has 0 saturated carbocycles. The van der Waals surface area contributed by atoms with Gasteiger partial charge in [-0.25, -0.2) is 4.79 Å². The molecule has 0 aliphatic heterocycles. The third kappa shape index (κ3) is 1.85. The predicted molar refractivity (Wildman–Crippen MR) is 61.3 cm³/mol. The fourth-order valence-corrected chi connectivity index (χ4v) is 1.97. The lowest BCUT2D eigenvalue weighted by atomic mass is 10.2. The van der Waals surface area contributed by atoms with E-state index in [-0.39, 0.29) is 10.6 Å². The first-order valence-electron chi connectivity index (χ1n) is 4.27. The second kappa shape index (κ2) is 4.47. The van der Waals surface area contributed by atoms with Crippen LogP contribution in [0.1, 0.15) is 17.3 Å². The molecule has 2 rings (SSSR count). The molecule has 0 aliphatic carbocycles. The zero-order valence-corrected chi connectivity index (χ0v) is 9.72. The summed E-state index contributed by atoms with van der Waals surface area (Å²) < 4.78 is 9.22. The number of carbonyl (C=O) groups excluding carboxylic acids is 1. The van der Waals surface area contributed by atoms with Crippen LogP contribution >= 0.6 is 23.1 Å². The molecule has 4 nitrogen and oxygen atoms in total. The van der Waals surface area contributed by atoms with E-state index in [1.807, 2.05) is 0 Å². The van der Waals surface area contributed by atoms with E-state index >= 15 is 0 Å². The van der Waals surface area contributed by atoms with Crippen LogP contribution in [-0.4, -0.2) is 15.6 Å². The first-order valence-corrected chi connectivity index (χ1v) is 5.42. The number of hydrogen-bond donors (Lipinski definition) is 0. The first-order chi connectivity index (χ1) is 7.74. The molecule has 16 heavy (non-hydrogen) atoms. The largest absolute Gasteiger partial charge is 0.368 e. The summed E-state index contributed by atoms with van der Waals surface area (Å²) in [6.07, 6.45) is 2.23. The molecule has 1 aromatic carbocycles. The van der Waals surface area contributed by atoms with Crippen molar-refractivity contribution in [3.8, 4) is 12.0 Å². The first kappa shape index (κ1) is 10.9. The smallest absolute Gasteiger partial charge is 0.355 e. The minimum atomic E-state index is -0.613. The molecule has 0 fully saturated rings. The zero-order valence-electron chi connectivity index (χ0n) is 8.15. The van der Waals surface area contributed by atoms with Crippen LogP contribution in [0.3, 0.4) is 0 Å². The molecule has 0 N–H and O–H groups in total. The number of benzene rings is 1. The highest BCUT2D eigenvalue weighted by Gasteiger charge is 2.18. The van der Waals surface area contributed by atoms with Gasteiger partial charge in [0.2, 0.25) is 0 Å². The van der Waals surface area contributed by atoms with E-state index in [0.717, 1.165) is 4.70 Å². The van der Waals surface area contributed by atoms with Gasteiger partial charge in [0.15, 0.2) is 0 Å². The fourth-order valence-electron chi connectivity index (χ4n) is 1.17. The highest BCUT2D eigenvalue weighted by Crippen LogP contribution is 2.26. The summed E-state index contributed by atoms with van der Waals surface area (Å²) >= 11 is 7.11. The molecule has 0 spiro atoms.